The quantitative estimate of drug-likeness (QED) is 0.693. The summed E-state index contributed by atoms with van der Waals surface area (Å²) >= 11 is 1.24. The Kier molecular flexibility index (Phi) is 4.51. The summed E-state index contributed by atoms with van der Waals surface area (Å²) in [5.41, 5.74) is 0. The lowest BCUT2D eigenvalue weighted by atomic mass is 10.5. The molecule has 13 heavy (non-hydrogen) atoms. The van der Waals surface area contributed by atoms with Gasteiger partial charge in [0.15, 0.2) is 0 Å². The first-order valence-corrected chi connectivity index (χ1v) is 5.19. The molecule has 6 heteroatoms. The lowest BCUT2D eigenvalue weighted by Gasteiger charge is -2.33. The molecule has 1 aliphatic heterocycles. The van der Waals surface area contributed by atoms with Crippen molar-refractivity contribution in [2.75, 3.05) is 26.0 Å². The summed E-state index contributed by atoms with van der Waals surface area (Å²) in [4.78, 5) is 21.5. The Morgan fingerprint density at radius 1 is 1.62 bits per heavy atom. The number of hydrogen-bond acceptors (Lipinski definition) is 5. The second-order valence-electron chi connectivity index (χ2n) is 2.48. The average Bonchev–Trinajstić information content (AvgIpc) is 2.15. The Bertz CT molecular complexity index is 179. The predicted octanol–water partition coefficient (Wildman–Crippen LogP) is 1.28. The highest BCUT2D eigenvalue weighted by Crippen LogP contribution is 2.18. The van der Waals surface area contributed by atoms with Crippen LogP contribution >= 0.6 is 11.8 Å². The van der Waals surface area contributed by atoms with E-state index >= 15 is 0 Å². The van der Waals surface area contributed by atoms with E-state index in [1.807, 2.05) is 6.92 Å². The number of nitrogens with zero attached hydrogens (tertiary/aromatic N) is 2. The molecule has 1 saturated heterocycles. The van der Waals surface area contributed by atoms with Gasteiger partial charge in [-0.2, -0.15) is 0 Å². The van der Waals surface area contributed by atoms with Crippen molar-refractivity contribution in [3.8, 4) is 0 Å². The number of hydrogen-bond donors (Lipinski definition) is 0. The molecule has 76 valence electrons. The summed E-state index contributed by atoms with van der Waals surface area (Å²) < 4.78 is 0. The third-order valence-electron chi connectivity index (χ3n) is 1.50. The number of hydroxylamine groups is 2. The zero-order chi connectivity index (χ0) is 9.68. The molecule has 0 aromatic heterocycles. The highest BCUT2D eigenvalue weighted by atomic mass is 32.2. The number of thioether (sulfide) groups is 1. The Labute approximate surface area is 81.8 Å². The molecule has 0 aliphatic carbocycles. The minimum Gasteiger partial charge on any atom is -0.281 e. The molecule has 0 saturated carbocycles. The van der Waals surface area contributed by atoms with Crippen LogP contribution in [0.3, 0.4) is 0 Å². The third kappa shape index (κ3) is 2.84. The van der Waals surface area contributed by atoms with Gasteiger partial charge in [0.2, 0.25) is 0 Å². The van der Waals surface area contributed by atoms with Crippen LogP contribution < -0.4 is 0 Å². The summed E-state index contributed by atoms with van der Waals surface area (Å²) in [6.07, 6.45) is 0.867. The maximum atomic E-state index is 11.3. The smallest absolute Gasteiger partial charge is 0.281 e. The van der Waals surface area contributed by atoms with Gasteiger partial charge in [-0.15, -0.1) is 5.17 Å². The van der Waals surface area contributed by atoms with Crippen molar-refractivity contribution in [3.63, 3.8) is 0 Å². The first kappa shape index (κ1) is 10.8. The number of carbonyl (C=O) groups is 1. The molecule has 0 atom stereocenters. The summed E-state index contributed by atoms with van der Waals surface area (Å²) in [6, 6.07) is 0. The molecule has 1 fully saturated rings. The monoisotopic (exact) mass is 206 g/mol. The van der Waals surface area contributed by atoms with E-state index < -0.39 is 0 Å². The zero-order valence-electron chi connectivity index (χ0n) is 7.86. The van der Waals surface area contributed by atoms with E-state index in [0.717, 1.165) is 12.2 Å². The standard InChI is InChI=1S/C7H14N2O3S/c1-3-5-12-9-7(10)13-6-4-8(9)11-2/h3-6H2,1-2H3. The van der Waals surface area contributed by atoms with Crippen LogP contribution in [0.4, 0.5) is 4.79 Å². The van der Waals surface area contributed by atoms with Gasteiger partial charge < -0.3 is 0 Å². The van der Waals surface area contributed by atoms with Crippen LogP contribution in [-0.2, 0) is 9.68 Å². The highest BCUT2D eigenvalue weighted by molar-refractivity contribution is 8.13. The molecular formula is C7H14N2O3S. The molecule has 5 nitrogen and oxygen atoms in total. The number of amides is 1. The molecule has 1 heterocycles. The second-order valence-corrected chi connectivity index (χ2v) is 3.53. The molecule has 1 amide bonds. The van der Waals surface area contributed by atoms with Crippen LogP contribution in [-0.4, -0.2) is 41.6 Å². The van der Waals surface area contributed by atoms with Crippen LogP contribution in [0, 0.1) is 0 Å². The fourth-order valence-electron chi connectivity index (χ4n) is 0.908. The number of rotatable bonds is 4. The van der Waals surface area contributed by atoms with E-state index in [1.54, 1.807) is 0 Å². The molecular weight excluding hydrogens is 192 g/mol. The summed E-state index contributed by atoms with van der Waals surface area (Å²) in [6.45, 7) is 3.17. The van der Waals surface area contributed by atoms with Gasteiger partial charge in [-0.1, -0.05) is 23.9 Å². The Balaban J connectivity index is 2.46. The molecule has 0 bridgehead atoms. The first-order chi connectivity index (χ1) is 6.29. The molecule has 0 radical (unpaired) electrons. The molecule has 0 aromatic carbocycles. The van der Waals surface area contributed by atoms with Crippen LogP contribution in [0.2, 0.25) is 0 Å². The Hall–Kier alpha value is -0.300. The van der Waals surface area contributed by atoms with E-state index in [2.05, 4.69) is 0 Å². The molecule has 1 rings (SSSR count). The third-order valence-corrected chi connectivity index (χ3v) is 2.29. The largest absolute Gasteiger partial charge is 0.322 e. The van der Waals surface area contributed by atoms with Crippen molar-refractivity contribution >= 4 is 17.0 Å². The highest BCUT2D eigenvalue weighted by Gasteiger charge is 2.27. The van der Waals surface area contributed by atoms with Crippen LogP contribution in [0.15, 0.2) is 0 Å². The van der Waals surface area contributed by atoms with Gasteiger partial charge in [0.05, 0.1) is 20.3 Å². The molecule has 1 aliphatic rings. The first-order valence-electron chi connectivity index (χ1n) is 4.21. The van der Waals surface area contributed by atoms with Gasteiger partial charge in [-0.05, 0) is 6.42 Å². The minimum atomic E-state index is -0.124. The van der Waals surface area contributed by atoms with Crippen LogP contribution in [0.1, 0.15) is 13.3 Å². The van der Waals surface area contributed by atoms with Gasteiger partial charge in [-0.3, -0.25) is 14.5 Å². The van der Waals surface area contributed by atoms with Gasteiger partial charge in [0.25, 0.3) is 0 Å². The lowest BCUT2D eigenvalue weighted by Crippen LogP contribution is -2.48. The van der Waals surface area contributed by atoms with E-state index in [-0.39, 0.29) is 5.24 Å². The van der Waals surface area contributed by atoms with E-state index in [9.17, 15) is 4.79 Å². The van der Waals surface area contributed by atoms with Gasteiger partial charge in [0.1, 0.15) is 0 Å². The molecule has 0 aromatic rings. The fraction of sp³-hybridized carbons (Fsp3) is 0.857. The van der Waals surface area contributed by atoms with E-state index in [1.165, 1.54) is 29.2 Å². The average molecular weight is 206 g/mol. The maximum absolute atomic E-state index is 11.3. The van der Waals surface area contributed by atoms with Crippen molar-refractivity contribution < 1.29 is 14.5 Å². The molecule has 0 N–H and O–H groups in total. The fourth-order valence-corrected chi connectivity index (χ4v) is 1.58. The zero-order valence-corrected chi connectivity index (χ0v) is 8.67. The van der Waals surface area contributed by atoms with Gasteiger partial charge in [0, 0.05) is 5.75 Å². The lowest BCUT2D eigenvalue weighted by molar-refractivity contribution is -0.361. The normalized spacial score (nSPS) is 19.5. The maximum Gasteiger partial charge on any atom is 0.322 e. The molecule has 0 unspecified atom stereocenters. The van der Waals surface area contributed by atoms with Crippen molar-refractivity contribution in [1.82, 2.24) is 10.3 Å². The van der Waals surface area contributed by atoms with Crippen molar-refractivity contribution in [1.29, 1.82) is 0 Å². The Morgan fingerprint density at radius 2 is 2.38 bits per heavy atom. The molecule has 0 spiro atoms. The predicted molar refractivity (Wildman–Crippen MR) is 49.7 cm³/mol. The van der Waals surface area contributed by atoms with E-state index in [4.69, 9.17) is 9.68 Å². The minimum absolute atomic E-state index is 0.124. The summed E-state index contributed by atoms with van der Waals surface area (Å²) in [5.74, 6) is 0.735. The SMILES string of the molecule is CCCON1C(=O)SCCN1OC. The van der Waals surface area contributed by atoms with Crippen molar-refractivity contribution in [2.24, 2.45) is 0 Å². The number of hydrazine groups is 1. The van der Waals surface area contributed by atoms with Crippen molar-refractivity contribution in [2.45, 2.75) is 13.3 Å². The Morgan fingerprint density at radius 3 is 3.00 bits per heavy atom. The summed E-state index contributed by atoms with van der Waals surface area (Å²) in [5, 5.41) is 2.48. The topological polar surface area (TPSA) is 42.0 Å². The van der Waals surface area contributed by atoms with Crippen molar-refractivity contribution in [3.05, 3.63) is 0 Å². The van der Waals surface area contributed by atoms with Gasteiger partial charge >= 0.3 is 5.24 Å². The van der Waals surface area contributed by atoms with E-state index in [0.29, 0.717) is 13.2 Å². The van der Waals surface area contributed by atoms with Crippen LogP contribution in [0.5, 0.6) is 0 Å². The van der Waals surface area contributed by atoms with Gasteiger partial charge in [-0.25, -0.2) is 0 Å². The number of carbonyl (C=O) groups excluding carboxylic acids is 1. The second kappa shape index (κ2) is 5.43. The van der Waals surface area contributed by atoms with Crippen LogP contribution in [0.25, 0.3) is 0 Å². The summed E-state index contributed by atoms with van der Waals surface area (Å²) in [7, 11) is 1.52.